The van der Waals surface area contributed by atoms with Crippen LogP contribution in [0.4, 0.5) is 4.39 Å². The van der Waals surface area contributed by atoms with Crippen LogP contribution in [-0.2, 0) is 26.3 Å². The number of ether oxygens (including phenoxy) is 2. The van der Waals surface area contributed by atoms with Crippen LogP contribution in [0.3, 0.4) is 0 Å². The Hall–Kier alpha value is -2.93. The van der Waals surface area contributed by atoms with Crippen molar-refractivity contribution in [3.63, 3.8) is 0 Å². The zero-order chi connectivity index (χ0) is 20.0. The molecule has 28 heavy (non-hydrogen) atoms. The van der Waals surface area contributed by atoms with Crippen molar-refractivity contribution in [2.24, 2.45) is 0 Å². The van der Waals surface area contributed by atoms with Crippen LogP contribution in [0, 0.1) is 5.82 Å². The summed E-state index contributed by atoms with van der Waals surface area (Å²) >= 11 is 0. The Morgan fingerprint density at radius 2 is 1.86 bits per heavy atom. The molecule has 2 aromatic carbocycles. The van der Waals surface area contributed by atoms with Crippen LogP contribution < -0.4 is 10.1 Å². The van der Waals surface area contributed by atoms with Crippen LogP contribution >= 0.6 is 0 Å². The van der Waals surface area contributed by atoms with Gasteiger partial charge in [-0.05, 0) is 48.2 Å². The minimum atomic E-state index is -1.06. The number of halogens is 1. The first-order valence-corrected chi connectivity index (χ1v) is 9.05. The molecule has 2 aromatic rings. The lowest BCUT2D eigenvalue weighted by Crippen LogP contribution is -2.47. The van der Waals surface area contributed by atoms with Crippen LogP contribution in [0.15, 0.2) is 48.5 Å². The first-order chi connectivity index (χ1) is 13.5. The van der Waals surface area contributed by atoms with Gasteiger partial charge in [-0.15, -0.1) is 0 Å². The van der Waals surface area contributed by atoms with Crippen molar-refractivity contribution in [2.75, 3.05) is 19.8 Å². The fourth-order valence-corrected chi connectivity index (χ4v) is 3.38. The Kier molecular flexibility index (Phi) is 6.26. The van der Waals surface area contributed by atoms with Crippen molar-refractivity contribution >= 4 is 11.9 Å². The molecule has 0 radical (unpaired) electrons. The molecule has 0 unspecified atom stereocenters. The summed E-state index contributed by atoms with van der Waals surface area (Å²) in [6.07, 6.45) is 1.04. The number of hydrogen-bond donors (Lipinski definition) is 2. The average Bonchev–Trinajstić information content (AvgIpc) is 2.72. The third kappa shape index (κ3) is 4.67. The maximum atomic E-state index is 13.3. The number of nitrogens with one attached hydrogen (secondary N) is 1. The van der Waals surface area contributed by atoms with E-state index in [4.69, 9.17) is 14.6 Å². The van der Waals surface area contributed by atoms with Crippen LogP contribution in [0.2, 0.25) is 0 Å². The second-order valence-electron chi connectivity index (χ2n) is 6.71. The van der Waals surface area contributed by atoms with Crippen molar-refractivity contribution in [3.8, 4) is 5.75 Å². The van der Waals surface area contributed by atoms with Gasteiger partial charge in [-0.1, -0.05) is 24.3 Å². The highest BCUT2D eigenvalue weighted by atomic mass is 19.1. The molecule has 1 aliphatic rings. The molecule has 0 saturated carbocycles. The van der Waals surface area contributed by atoms with Gasteiger partial charge in [-0.25, -0.2) is 9.18 Å². The van der Waals surface area contributed by atoms with Crippen molar-refractivity contribution in [1.29, 1.82) is 0 Å². The fourth-order valence-electron chi connectivity index (χ4n) is 3.38. The van der Waals surface area contributed by atoms with Gasteiger partial charge in [-0.2, -0.15) is 0 Å². The Morgan fingerprint density at radius 1 is 1.14 bits per heavy atom. The molecule has 6 nitrogen and oxygen atoms in total. The Morgan fingerprint density at radius 3 is 2.54 bits per heavy atom. The molecule has 1 heterocycles. The highest BCUT2D eigenvalue weighted by molar-refractivity contribution is 5.88. The summed E-state index contributed by atoms with van der Waals surface area (Å²) in [7, 11) is 0. The maximum Gasteiger partial charge on any atom is 0.341 e. The molecule has 148 valence electrons. The van der Waals surface area contributed by atoms with Gasteiger partial charge >= 0.3 is 5.97 Å². The van der Waals surface area contributed by atoms with Gasteiger partial charge in [0, 0.05) is 19.8 Å². The highest BCUT2D eigenvalue weighted by Gasteiger charge is 2.41. The van der Waals surface area contributed by atoms with E-state index in [9.17, 15) is 14.0 Å². The highest BCUT2D eigenvalue weighted by Crippen LogP contribution is 2.35. The maximum absolute atomic E-state index is 13.3. The van der Waals surface area contributed by atoms with Crippen LogP contribution in [0.1, 0.15) is 24.0 Å². The number of carbonyl (C=O) groups is 2. The Bertz CT molecular complexity index is 831. The predicted octanol–water partition coefficient (Wildman–Crippen LogP) is 2.65. The monoisotopic (exact) mass is 387 g/mol. The second-order valence-corrected chi connectivity index (χ2v) is 6.71. The molecule has 0 bridgehead atoms. The molecule has 7 heteroatoms. The number of carboxylic acid groups (broad SMARTS) is 1. The summed E-state index contributed by atoms with van der Waals surface area (Å²) in [6.45, 7) is 0.767. The number of benzene rings is 2. The zero-order valence-corrected chi connectivity index (χ0v) is 15.3. The van der Waals surface area contributed by atoms with Gasteiger partial charge in [0.25, 0.3) is 0 Å². The molecular weight excluding hydrogens is 365 g/mol. The van der Waals surface area contributed by atoms with E-state index in [1.54, 1.807) is 30.3 Å². The summed E-state index contributed by atoms with van der Waals surface area (Å²) in [4.78, 5) is 23.7. The third-order valence-corrected chi connectivity index (χ3v) is 4.89. The minimum absolute atomic E-state index is 0.140. The summed E-state index contributed by atoms with van der Waals surface area (Å²) < 4.78 is 23.9. The lowest BCUT2D eigenvalue weighted by Gasteiger charge is -2.36. The number of carboxylic acids is 1. The van der Waals surface area contributed by atoms with Gasteiger partial charge in [0.2, 0.25) is 5.91 Å². The summed E-state index contributed by atoms with van der Waals surface area (Å²) in [5, 5.41) is 11.7. The number of hydrogen-bond acceptors (Lipinski definition) is 4. The molecule has 1 saturated heterocycles. The number of rotatable bonds is 7. The summed E-state index contributed by atoms with van der Waals surface area (Å²) in [6, 6.07) is 12.9. The fraction of sp³-hybridized carbons (Fsp3) is 0.333. The number of amides is 1. The Balaban J connectivity index is 1.72. The van der Waals surface area contributed by atoms with E-state index in [-0.39, 0.29) is 18.3 Å². The smallest absolute Gasteiger partial charge is 0.341 e. The molecule has 1 aliphatic heterocycles. The molecule has 1 amide bonds. The molecule has 0 aliphatic carbocycles. The first kappa shape index (κ1) is 19.8. The van der Waals surface area contributed by atoms with Crippen molar-refractivity contribution in [3.05, 3.63) is 65.5 Å². The quantitative estimate of drug-likeness (QED) is 0.763. The van der Waals surface area contributed by atoms with Gasteiger partial charge in [-0.3, -0.25) is 4.79 Å². The lowest BCUT2D eigenvalue weighted by molar-refractivity contribution is -0.139. The average molecular weight is 387 g/mol. The Labute approximate surface area is 162 Å². The number of aliphatic carboxylic acids is 1. The molecule has 0 atom stereocenters. The van der Waals surface area contributed by atoms with E-state index in [0.29, 0.717) is 31.8 Å². The second kappa shape index (κ2) is 8.84. The van der Waals surface area contributed by atoms with Gasteiger partial charge < -0.3 is 19.9 Å². The molecule has 2 N–H and O–H groups in total. The summed E-state index contributed by atoms with van der Waals surface area (Å²) in [5.74, 6) is -1.11. The van der Waals surface area contributed by atoms with Crippen molar-refractivity contribution in [2.45, 2.75) is 24.8 Å². The van der Waals surface area contributed by atoms with E-state index < -0.39 is 18.0 Å². The normalized spacial score (nSPS) is 15.6. The molecule has 0 aromatic heterocycles. The van der Waals surface area contributed by atoms with E-state index in [0.717, 1.165) is 11.1 Å². The van der Waals surface area contributed by atoms with Gasteiger partial charge in [0.15, 0.2) is 6.61 Å². The topological polar surface area (TPSA) is 84.9 Å². The van der Waals surface area contributed by atoms with Crippen LogP contribution in [0.5, 0.6) is 5.75 Å². The molecule has 0 spiro atoms. The largest absolute Gasteiger partial charge is 0.482 e. The molecule has 3 rings (SSSR count). The third-order valence-electron chi connectivity index (χ3n) is 4.89. The van der Waals surface area contributed by atoms with Crippen LogP contribution in [0.25, 0.3) is 0 Å². The van der Waals surface area contributed by atoms with Gasteiger partial charge in [0.1, 0.15) is 11.6 Å². The first-order valence-electron chi connectivity index (χ1n) is 9.05. The standard InChI is InChI=1S/C21H22FNO5/c22-17-6-4-16(5-7-17)21(8-10-27-11-9-21)20(26)23-13-15-2-1-3-18(12-15)28-14-19(24)25/h1-7,12H,8-11,13-14H2,(H,23,26)(H,24,25). The summed E-state index contributed by atoms with van der Waals surface area (Å²) in [5.41, 5.74) is 0.800. The predicted molar refractivity (Wildman–Crippen MR) is 99.6 cm³/mol. The van der Waals surface area contributed by atoms with E-state index in [2.05, 4.69) is 5.32 Å². The number of carbonyl (C=O) groups excluding carboxylic acids is 1. The van der Waals surface area contributed by atoms with Crippen molar-refractivity contribution in [1.82, 2.24) is 5.32 Å². The lowest BCUT2D eigenvalue weighted by atomic mass is 9.73. The van der Waals surface area contributed by atoms with Crippen LogP contribution in [-0.4, -0.2) is 36.8 Å². The van der Waals surface area contributed by atoms with Gasteiger partial charge in [0.05, 0.1) is 5.41 Å². The molecule has 1 fully saturated rings. The zero-order valence-electron chi connectivity index (χ0n) is 15.3. The van der Waals surface area contributed by atoms with E-state index in [1.807, 2.05) is 6.07 Å². The van der Waals surface area contributed by atoms with E-state index in [1.165, 1.54) is 12.1 Å². The minimum Gasteiger partial charge on any atom is -0.482 e. The van der Waals surface area contributed by atoms with Crippen molar-refractivity contribution < 1.29 is 28.6 Å². The SMILES string of the molecule is O=C(O)COc1cccc(CNC(=O)C2(c3ccc(F)cc3)CCOCC2)c1. The molecular formula is C21H22FNO5. The van der Waals surface area contributed by atoms with E-state index >= 15 is 0 Å².